The van der Waals surface area contributed by atoms with Gasteiger partial charge in [-0.05, 0) is 41.8 Å². The SMILES string of the molecule is CCCNC(=O)[C@H](Cc1ccccc1)N(Cc1ccc(Cl)cc1)C(=O)CN(c1ccc2c(c1)OCO2)S(C)(=O)=O. The van der Waals surface area contributed by atoms with Crippen molar-refractivity contribution in [3.05, 3.63) is 88.9 Å². The average molecular weight is 586 g/mol. The lowest BCUT2D eigenvalue weighted by Gasteiger charge is -2.33. The van der Waals surface area contributed by atoms with Gasteiger partial charge in [-0.3, -0.25) is 13.9 Å². The van der Waals surface area contributed by atoms with Crippen LogP contribution in [0.15, 0.2) is 72.8 Å². The highest BCUT2D eigenvalue weighted by Crippen LogP contribution is 2.36. The Morgan fingerprint density at radius 3 is 2.35 bits per heavy atom. The molecule has 1 N–H and O–H groups in total. The van der Waals surface area contributed by atoms with Crippen LogP contribution in [0, 0.1) is 0 Å². The van der Waals surface area contributed by atoms with E-state index in [1.54, 1.807) is 36.4 Å². The standard InChI is InChI=1S/C29H32ClN3O6S/c1-3-15-31-29(35)25(16-21-7-5-4-6-8-21)32(18-22-9-11-23(30)12-10-22)28(34)19-33(40(2,36)37)24-13-14-26-27(17-24)39-20-38-26/h4-14,17,25H,3,15-16,18-20H2,1-2H3,(H,31,35)/t25-/m0/s1. The third-order valence-corrected chi connectivity index (χ3v) is 7.80. The number of hydrogen-bond acceptors (Lipinski definition) is 6. The molecule has 3 aromatic rings. The van der Waals surface area contributed by atoms with Gasteiger partial charge in [0.15, 0.2) is 11.5 Å². The summed E-state index contributed by atoms with van der Waals surface area (Å²) < 4.78 is 37.6. The molecule has 3 aromatic carbocycles. The van der Waals surface area contributed by atoms with E-state index in [1.165, 1.54) is 11.0 Å². The minimum atomic E-state index is -3.89. The van der Waals surface area contributed by atoms with Crippen LogP contribution in [0.5, 0.6) is 11.5 Å². The van der Waals surface area contributed by atoms with Crippen LogP contribution in [-0.2, 0) is 32.6 Å². The summed E-state index contributed by atoms with van der Waals surface area (Å²) in [6, 6.07) is 20.1. The van der Waals surface area contributed by atoms with Gasteiger partial charge in [0.25, 0.3) is 0 Å². The molecular formula is C29H32ClN3O6S. The molecule has 1 aliphatic heterocycles. The van der Waals surface area contributed by atoms with E-state index in [4.69, 9.17) is 21.1 Å². The van der Waals surface area contributed by atoms with E-state index in [2.05, 4.69) is 5.32 Å². The number of anilines is 1. The molecule has 1 atom stereocenters. The topological polar surface area (TPSA) is 105 Å². The predicted molar refractivity (Wildman–Crippen MR) is 154 cm³/mol. The predicted octanol–water partition coefficient (Wildman–Crippen LogP) is 4.00. The van der Waals surface area contributed by atoms with Crippen LogP contribution in [-0.4, -0.2) is 57.3 Å². The van der Waals surface area contributed by atoms with Gasteiger partial charge in [-0.25, -0.2) is 8.42 Å². The molecule has 1 aliphatic rings. The van der Waals surface area contributed by atoms with Crippen LogP contribution in [0.3, 0.4) is 0 Å². The molecule has 4 rings (SSSR count). The van der Waals surface area contributed by atoms with Gasteiger partial charge in [0.05, 0.1) is 11.9 Å². The van der Waals surface area contributed by atoms with E-state index < -0.39 is 28.5 Å². The molecule has 11 heteroatoms. The molecule has 0 saturated carbocycles. The number of amides is 2. The molecular weight excluding hydrogens is 554 g/mol. The maximum Gasteiger partial charge on any atom is 0.244 e. The van der Waals surface area contributed by atoms with E-state index in [0.717, 1.165) is 28.1 Å². The fourth-order valence-electron chi connectivity index (χ4n) is 4.36. The summed E-state index contributed by atoms with van der Waals surface area (Å²) in [5, 5.41) is 3.45. The maximum atomic E-state index is 14.0. The summed E-state index contributed by atoms with van der Waals surface area (Å²) in [7, 11) is -3.89. The van der Waals surface area contributed by atoms with E-state index >= 15 is 0 Å². The monoisotopic (exact) mass is 585 g/mol. The van der Waals surface area contributed by atoms with Crippen molar-refractivity contribution in [3.8, 4) is 11.5 Å². The highest BCUT2D eigenvalue weighted by atomic mass is 35.5. The molecule has 0 unspecified atom stereocenters. The van der Waals surface area contributed by atoms with Crippen LogP contribution < -0.4 is 19.1 Å². The number of benzene rings is 3. The quantitative estimate of drug-likeness (QED) is 0.344. The van der Waals surface area contributed by atoms with Gasteiger partial charge in [-0.15, -0.1) is 0 Å². The molecule has 1 heterocycles. The highest BCUT2D eigenvalue weighted by molar-refractivity contribution is 7.92. The molecule has 0 aromatic heterocycles. The summed E-state index contributed by atoms with van der Waals surface area (Å²) in [5.41, 5.74) is 1.86. The van der Waals surface area contributed by atoms with Crippen molar-refractivity contribution in [1.82, 2.24) is 10.2 Å². The lowest BCUT2D eigenvalue weighted by Crippen LogP contribution is -2.53. The second-order valence-corrected chi connectivity index (χ2v) is 11.8. The summed E-state index contributed by atoms with van der Waals surface area (Å²) in [6.45, 7) is 1.97. The minimum Gasteiger partial charge on any atom is -0.454 e. The van der Waals surface area contributed by atoms with Crippen molar-refractivity contribution in [2.75, 3.05) is 30.4 Å². The van der Waals surface area contributed by atoms with Gasteiger partial charge in [-0.1, -0.05) is 61.0 Å². The van der Waals surface area contributed by atoms with Crippen LogP contribution in [0.1, 0.15) is 24.5 Å². The molecule has 2 amide bonds. The zero-order valence-electron chi connectivity index (χ0n) is 22.4. The summed E-state index contributed by atoms with van der Waals surface area (Å²) in [4.78, 5) is 29.0. The first-order valence-electron chi connectivity index (χ1n) is 12.9. The number of hydrogen-bond donors (Lipinski definition) is 1. The first kappa shape index (κ1) is 29.2. The Kier molecular flexibility index (Phi) is 9.54. The lowest BCUT2D eigenvalue weighted by molar-refractivity contribution is -0.140. The number of nitrogens with one attached hydrogen (secondary N) is 1. The van der Waals surface area contributed by atoms with E-state index in [-0.39, 0.29) is 31.4 Å². The number of sulfonamides is 1. The van der Waals surface area contributed by atoms with Crippen molar-refractivity contribution in [1.29, 1.82) is 0 Å². The Morgan fingerprint density at radius 1 is 0.975 bits per heavy atom. The zero-order valence-corrected chi connectivity index (χ0v) is 24.0. The van der Waals surface area contributed by atoms with Crippen molar-refractivity contribution in [2.45, 2.75) is 32.4 Å². The Labute approximate surface area is 239 Å². The van der Waals surface area contributed by atoms with Crippen molar-refractivity contribution < 1.29 is 27.5 Å². The van der Waals surface area contributed by atoms with Crippen LogP contribution in [0.2, 0.25) is 5.02 Å². The smallest absolute Gasteiger partial charge is 0.244 e. The summed E-state index contributed by atoms with van der Waals surface area (Å²) in [5.74, 6) is 0.0218. The molecule has 40 heavy (non-hydrogen) atoms. The Hall–Kier alpha value is -3.76. The van der Waals surface area contributed by atoms with E-state index in [0.29, 0.717) is 23.1 Å². The molecule has 9 nitrogen and oxygen atoms in total. The summed E-state index contributed by atoms with van der Waals surface area (Å²) in [6.07, 6.45) is 2.00. The Bertz CT molecular complexity index is 1430. The third-order valence-electron chi connectivity index (χ3n) is 6.41. The Balaban J connectivity index is 1.71. The molecule has 212 valence electrons. The molecule has 0 fully saturated rings. The third kappa shape index (κ3) is 7.45. The van der Waals surface area contributed by atoms with E-state index in [9.17, 15) is 18.0 Å². The van der Waals surface area contributed by atoms with Gasteiger partial charge in [0.2, 0.25) is 28.6 Å². The van der Waals surface area contributed by atoms with Crippen molar-refractivity contribution in [3.63, 3.8) is 0 Å². The first-order chi connectivity index (χ1) is 19.2. The zero-order chi connectivity index (χ0) is 28.7. The first-order valence-corrected chi connectivity index (χ1v) is 15.1. The number of halogens is 1. The van der Waals surface area contributed by atoms with Crippen LogP contribution in [0.25, 0.3) is 0 Å². The van der Waals surface area contributed by atoms with Gasteiger partial charge in [0.1, 0.15) is 12.6 Å². The van der Waals surface area contributed by atoms with E-state index in [1.807, 2.05) is 37.3 Å². The number of carbonyl (C=O) groups is 2. The molecule has 0 radical (unpaired) electrons. The average Bonchev–Trinajstić information content (AvgIpc) is 3.41. The molecule has 0 aliphatic carbocycles. The van der Waals surface area contributed by atoms with Crippen molar-refractivity contribution in [2.24, 2.45) is 0 Å². The summed E-state index contributed by atoms with van der Waals surface area (Å²) >= 11 is 6.08. The fraction of sp³-hybridized carbons (Fsp3) is 0.310. The number of fused-ring (bicyclic) bond motifs is 1. The number of ether oxygens (including phenoxy) is 2. The second-order valence-electron chi connectivity index (χ2n) is 9.45. The number of carbonyl (C=O) groups excluding carboxylic acids is 2. The normalized spacial score (nSPS) is 13.0. The van der Waals surface area contributed by atoms with Gasteiger partial charge >= 0.3 is 0 Å². The van der Waals surface area contributed by atoms with Crippen LogP contribution in [0.4, 0.5) is 5.69 Å². The fourth-order valence-corrected chi connectivity index (χ4v) is 5.33. The van der Waals surface area contributed by atoms with Crippen LogP contribution >= 0.6 is 11.6 Å². The van der Waals surface area contributed by atoms with Crippen molar-refractivity contribution >= 4 is 39.1 Å². The van der Waals surface area contributed by atoms with Gasteiger partial charge < -0.3 is 19.7 Å². The molecule has 0 saturated heterocycles. The lowest BCUT2D eigenvalue weighted by atomic mass is 10.0. The van der Waals surface area contributed by atoms with Gasteiger partial charge in [-0.2, -0.15) is 0 Å². The number of rotatable bonds is 12. The minimum absolute atomic E-state index is 0.0273. The largest absolute Gasteiger partial charge is 0.454 e. The number of nitrogens with zero attached hydrogens (tertiary/aromatic N) is 2. The molecule has 0 bridgehead atoms. The second kappa shape index (κ2) is 13.1. The van der Waals surface area contributed by atoms with Gasteiger partial charge in [0, 0.05) is 30.6 Å². The highest BCUT2D eigenvalue weighted by Gasteiger charge is 2.33. The Morgan fingerprint density at radius 2 is 1.68 bits per heavy atom. The maximum absolute atomic E-state index is 14.0. The molecule has 0 spiro atoms.